The maximum Gasteiger partial charge on any atom is 0.384 e. The standard InChI is InChI=1S/C18H24F12O6/c1-13(8-34-6-4-32-2,9-35-7-5-33-3)12(31)36-10-14(21,22)16(25,26)18(29,30)17(27,28)15(23,24)11(19)20/h11H,4-10H2,1-3H3. The van der Waals surface area contributed by atoms with Gasteiger partial charge in [0, 0.05) is 14.2 Å². The number of esters is 1. The smallest absolute Gasteiger partial charge is 0.384 e. The number of alkyl halides is 12. The monoisotopic (exact) mass is 564 g/mol. The van der Waals surface area contributed by atoms with E-state index < -0.39 is 67.2 Å². The number of hydrogen-bond acceptors (Lipinski definition) is 6. The summed E-state index contributed by atoms with van der Waals surface area (Å²) in [6, 6.07) is 0. The molecule has 0 heterocycles. The molecule has 0 rings (SSSR count). The predicted octanol–water partition coefficient (Wildman–Crippen LogP) is 4.30. The summed E-state index contributed by atoms with van der Waals surface area (Å²) in [5.74, 6) is -38.1. The average Bonchev–Trinajstić information content (AvgIpc) is 2.77. The van der Waals surface area contributed by atoms with Gasteiger partial charge in [-0.2, -0.15) is 43.9 Å². The van der Waals surface area contributed by atoms with Crippen LogP contribution in [0.1, 0.15) is 6.92 Å². The van der Waals surface area contributed by atoms with Crippen LogP contribution in [0.5, 0.6) is 0 Å². The Morgan fingerprint density at radius 2 is 1.08 bits per heavy atom. The van der Waals surface area contributed by atoms with Gasteiger partial charge in [0.1, 0.15) is 5.41 Å². The van der Waals surface area contributed by atoms with Crippen molar-refractivity contribution >= 4 is 5.97 Å². The first-order valence-electron chi connectivity index (χ1n) is 9.67. The summed E-state index contributed by atoms with van der Waals surface area (Å²) >= 11 is 0. The third kappa shape index (κ3) is 7.28. The minimum atomic E-state index is -7.72. The number of ether oxygens (including phenoxy) is 5. The van der Waals surface area contributed by atoms with E-state index in [0.717, 1.165) is 6.92 Å². The maximum atomic E-state index is 13.9. The van der Waals surface area contributed by atoms with Gasteiger partial charge >= 0.3 is 42.0 Å². The highest BCUT2D eigenvalue weighted by Crippen LogP contribution is 2.58. The number of methoxy groups -OCH3 is 2. The van der Waals surface area contributed by atoms with Crippen LogP contribution in [-0.4, -0.2) is 102 Å². The zero-order chi connectivity index (χ0) is 28.6. The molecule has 0 spiro atoms. The molecule has 0 fully saturated rings. The van der Waals surface area contributed by atoms with Crippen molar-refractivity contribution in [3.8, 4) is 0 Å². The van der Waals surface area contributed by atoms with Gasteiger partial charge in [0.2, 0.25) is 0 Å². The van der Waals surface area contributed by atoms with E-state index in [2.05, 4.69) is 14.2 Å². The minimum Gasteiger partial charge on any atom is -0.458 e. The highest BCUT2D eigenvalue weighted by atomic mass is 19.4. The molecule has 0 saturated carbocycles. The van der Waals surface area contributed by atoms with Crippen molar-refractivity contribution < 1.29 is 81.2 Å². The Labute approximate surface area is 197 Å². The Morgan fingerprint density at radius 3 is 1.44 bits per heavy atom. The van der Waals surface area contributed by atoms with Crippen LogP contribution >= 0.6 is 0 Å². The van der Waals surface area contributed by atoms with Crippen LogP contribution in [0.3, 0.4) is 0 Å². The quantitative estimate of drug-likeness (QED) is 0.141. The fraction of sp³-hybridized carbons (Fsp3) is 0.944. The lowest BCUT2D eigenvalue weighted by Gasteiger charge is -2.39. The van der Waals surface area contributed by atoms with Crippen molar-refractivity contribution in [2.24, 2.45) is 5.41 Å². The first-order valence-corrected chi connectivity index (χ1v) is 9.67. The summed E-state index contributed by atoms with van der Waals surface area (Å²) < 4.78 is 182. The van der Waals surface area contributed by atoms with E-state index in [1.807, 2.05) is 0 Å². The van der Waals surface area contributed by atoms with E-state index in [0.29, 0.717) is 0 Å². The van der Waals surface area contributed by atoms with E-state index in [9.17, 15) is 57.5 Å². The molecule has 0 amide bonds. The molecule has 0 aromatic heterocycles. The Balaban J connectivity index is 5.75. The van der Waals surface area contributed by atoms with Gasteiger partial charge in [-0.25, -0.2) is 8.78 Å². The number of rotatable bonds is 18. The van der Waals surface area contributed by atoms with Crippen molar-refractivity contribution in [3.05, 3.63) is 0 Å². The molecule has 0 N–H and O–H groups in total. The zero-order valence-corrected chi connectivity index (χ0v) is 19.0. The Hall–Kier alpha value is -1.53. The van der Waals surface area contributed by atoms with E-state index in [1.165, 1.54) is 14.2 Å². The van der Waals surface area contributed by atoms with Crippen molar-refractivity contribution in [1.29, 1.82) is 0 Å². The van der Waals surface area contributed by atoms with E-state index in [-0.39, 0.29) is 26.4 Å². The molecular weight excluding hydrogens is 540 g/mol. The Bertz CT molecular complexity index is 677. The highest BCUT2D eigenvalue weighted by molar-refractivity contribution is 5.76. The van der Waals surface area contributed by atoms with Crippen molar-refractivity contribution in [3.63, 3.8) is 0 Å². The van der Waals surface area contributed by atoms with Gasteiger partial charge in [0.25, 0.3) is 0 Å². The second-order valence-corrected chi connectivity index (χ2v) is 7.58. The van der Waals surface area contributed by atoms with Gasteiger partial charge in [-0.05, 0) is 6.92 Å². The van der Waals surface area contributed by atoms with Crippen LogP contribution in [0.2, 0.25) is 0 Å². The first-order chi connectivity index (χ1) is 16.2. The number of halogens is 12. The van der Waals surface area contributed by atoms with Crippen LogP contribution in [0, 0.1) is 5.41 Å². The topological polar surface area (TPSA) is 63.2 Å². The molecule has 0 aliphatic heterocycles. The molecule has 0 aromatic rings. The SMILES string of the molecule is COCCOCC(C)(COCCOC)C(=O)OCC(F)(F)C(F)(F)C(F)(F)C(F)(F)C(F)(F)C(F)F. The first kappa shape index (κ1) is 34.5. The zero-order valence-electron chi connectivity index (χ0n) is 19.0. The summed E-state index contributed by atoms with van der Waals surface area (Å²) in [6.07, 6.45) is -5.61. The van der Waals surface area contributed by atoms with Crippen LogP contribution in [0.25, 0.3) is 0 Å². The third-order valence-corrected chi connectivity index (χ3v) is 4.52. The lowest BCUT2D eigenvalue weighted by molar-refractivity contribution is -0.414. The molecule has 0 atom stereocenters. The second-order valence-electron chi connectivity index (χ2n) is 7.58. The minimum absolute atomic E-state index is 0.0213. The third-order valence-electron chi connectivity index (χ3n) is 4.52. The summed E-state index contributed by atoms with van der Waals surface area (Å²) in [6.45, 7) is -3.82. The van der Waals surface area contributed by atoms with Crippen molar-refractivity contribution in [2.45, 2.75) is 43.0 Å². The molecule has 0 bridgehead atoms. The van der Waals surface area contributed by atoms with E-state index >= 15 is 0 Å². The summed E-state index contributed by atoms with van der Waals surface area (Å²) in [5, 5.41) is 0. The molecule has 18 heteroatoms. The van der Waals surface area contributed by atoms with Crippen LogP contribution < -0.4 is 0 Å². The normalized spacial score (nSPS) is 14.4. The maximum absolute atomic E-state index is 13.9. The van der Waals surface area contributed by atoms with Gasteiger partial charge in [-0.15, -0.1) is 0 Å². The molecule has 36 heavy (non-hydrogen) atoms. The largest absolute Gasteiger partial charge is 0.458 e. The van der Waals surface area contributed by atoms with Crippen LogP contribution in [0.4, 0.5) is 52.7 Å². The fourth-order valence-electron chi connectivity index (χ4n) is 2.23. The Kier molecular flexibility index (Phi) is 12.3. The van der Waals surface area contributed by atoms with Crippen molar-refractivity contribution in [1.82, 2.24) is 0 Å². The predicted molar refractivity (Wildman–Crippen MR) is 95.2 cm³/mol. The molecule has 0 aliphatic rings. The van der Waals surface area contributed by atoms with Gasteiger partial charge in [-0.1, -0.05) is 0 Å². The van der Waals surface area contributed by atoms with Crippen LogP contribution in [-0.2, 0) is 28.5 Å². The molecular formula is C18H24F12O6. The lowest BCUT2D eigenvalue weighted by Crippen LogP contribution is -2.69. The van der Waals surface area contributed by atoms with E-state index in [4.69, 9.17) is 9.47 Å². The molecule has 0 saturated heterocycles. The number of carbonyl (C=O) groups excluding carboxylic acids is 1. The summed E-state index contributed by atoms with van der Waals surface area (Å²) in [4.78, 5) is 12.3. The molecule has 0 aromatic carbocycles. The van der Waals surface area contributed by atoms with Crippen LogP contribution in [0.15, 0.2) is 0 Å². The van der Waals surface area contributed by atoms with E-state index in [1.54, 1.807) is 0 Å². The highest BCUT2D eigenvalue weighted by Gasteiger charge is 2.87. The molecule has 216 valence electrons. The molecule has 0 unspecified atom stereocenters. The van der Waals surface area contributed by atoms with Crippen molar-refractivity contribution in [2.75, 3.05) is 60.5 Å². The average molecular weight is 564 g/mol. The molecule has 0 aliphatic carbocycles. The van der Waals surface area contributed by atoms with Gasteiger partial charge < -0.3 is 23.7 Å². The number of hydrogen-bond donors (Lipinski definition) is 0. The summed E-state index contributed by atoms with van der Waals surface area (Å²) in [7, 11) is 2.53. The Morgan fingerprint density at radius 1 is 0.667 bits per heavy atom. The number of carbonyl (C=O) groups is 1. The second kappa shape index (κ2) is 12.8. The van der Waals surface area contributed by atoms with Gasteiger partial charge in [-0.3, -0.25) is 4.79 Å². The van der Waals surface area contributed by atoms with Gasteiger partial charge in [0.15, 0.2) is 6.61 Å². The lowest BCUT2D eigenvalue weighted by atomic mass is 9.92. The summed E-state index contributed by atoms with van der Waals surface area (Å²) in [5.41, 5.74) is -2.05. The van der Waals surface area contributed by atoms with Gasteiger partial charge in [0.05, 0.1) is 39.6 Å². The fourth-order valence-corrected chi connectivity index (χ4v) is 2.23. The molecule has 6 nitrogen and oxygen atoms in total. The molecule has 0 radical (unpaired) electrons.